The molecule has 1 atom stereocenters. The molecule has 2 rings (SSSR count). The summed E-state index contributed by atoms with van der Waals surface area (Å²) < 4.78 is 13.6. The van der Waals surface area contributed by atoms with Crippen LogP contribution in [0, 0.1) is 5.82 Å². The number of carbonyl (C=O) groups is 1. The summed E-state index contributed by atoms with van der Waals surface area (Å²) in [6, 6.07) is 13.9. The summed E-state index contributed by atoms with van der Waals surface area (Å²) in [7, 11) is 0. The smallest absolute Gasteiger partial charge is 0.238 e. The van der Waals surface area contributed by atoms with Crippen LogP contribution in [0.25, 0.3) is 0 Å². The lowest BCUT2D eigenvalue weighted by atomic mass is 10.1. The third-order valence-corrected chi connectivity index (χ3v) is 3.31. The Labute approximate surface area is 128 Å². The molecule has 1 amide bonds. The van der Waals surface area contributed by atoms with E-state index in [1.807, 2.05) is 37.3 Å². The van der Waals surface area contributed by atoms with Crippen molar-refractivity contribution in [3.8, 4) is 0 Å². The van der Waals surface area contributed by atoms with Gasteiger partial charge in [-0.05, 0) is 30.7 Å². The average Bonchev–Trinajstić information content (AvgIpc) is 2.48. The first-order chi connectivity index (χ1) is 10.1. The first-order valence-electron chi connectivity index (χ1n) is 6.59. The molecule has 0 spiro atoms. The molecule has 2 aromatic rings. The molecule has 0 heterocycles. The molecule has 2 aromatic carbocycles. The van der Waals surface area contributed by atoms with Gasteiger partial charge in [0, 0.05) is 11.1 Å². The number of rotatable bonds is 5. The standard InChI is InChI=1S/C16H16ClFN2O/c1-11(12-5-3-2-4-6-12)19-10-16(21)20-15-8-7-13(17)9-14(15)18/h2-9,11,19H,10H2,1H3,(H,20,21)/t11-/m0/s1. The lowest BCUT2D eigenvalue weighted by Crippen LogP contribution is -2.30. The van der Waals surface area contributed by atoms with Crippen LogP contribution in [0.1, 0.15) is 18.5 Å². The van der Waals surface area contributed by atoms with Gasteiger partial charge in [0.15, 0.2) is 0 Å². The molecular weight excluding hydrogens is 291 g/mol. The van der Waals surface area contributed by atoms with Crippen molar-refractivity contribution in [2.75, 3.05) is 11.9 Å². The summed E-state index contributed by atoms with van der Waals surface area (Å²) in [6.07, 6.45) is 0. The van der Waals surface area contributed by atoms with Crippen molar-refractivity contribution in [2.45, 2.75) is 13.0 Å². The quantitative estimate of drug-likeness (QED) is 0.883. The lowest BCUT2D eigenvalue weighted by molar-refractivity contribution is -0.115. The largest absolute Gasteiger partial charge is 0.322 e. The predicted octanol–water partition coefficient (Wildman–Crippen LogP) is 3.77. The normalized spacial score (nSPS) is 12.0. The molecule has 0 aliphatic heterocycles. The second-order valence-electron chi connectivity index (χ2n) is 4.69. The van der Waals surface area contributed by atoms with E-state index in [-0.39, 0.29) is 24.2 Å². The fourth-order valence-corrected chi connectivity index (χ4v) is 2.05. The lowest BCUT2D eigenvalue weighted by Gasteiger charge is -2.14. The van der Waals surface area contributed by atoms with Crippen LogP contribution >= 0.6 is 11.6 Å². The fourth-order valence-electron chi connectivity index (χ4n) is 1.89. The number of carbonyl (C=O) groups excluding carboxylic acids is 1. The Morgan fingerprint density at radius 3 is 2.62 bits per heavy atom. The summed E-state index contributed by atoms with van der Waals surface area (Å²) in [5.41, 5.74) is 1.21. The third kappa shape index (κ3) is 4.55. The van der Waals surface area contributed by atoms with E-state index in [1.165, 1.54) is 12.1 Å². The first kappa shape index (κ1) is 15.5. The number of hydrogen-bond acceptors (Lipinski definition) is 2. The third-order valence-electron chi connectivity index (χ3n) is 3.07. The molecule has 2 N–H and O–H groups in total. The van der Waals surface area contributed by atoms with E-state index in [4.69, 9.17) is 11.6 Å². The van der Waals surface area contributed by atoms with Crippen molar-refractivity contribution in [1.82, 2.24) is 5.32 Å². The Bertz CT molecular complexity index is 619. The number of nitrogens with one attached hydrogen (secondary N) is 2. The van der Waals surface area contributed by atoms with E-state index in [1.54, 1.807) is 0 Å². The Morgan fingerprint density at radius 2 is 1.95 bits per heavy atom. The molecule has 0 unspecified atom stereocenters. The van der Waals surface area contributed by atoms with Gasteiger partial charge in [0.25, 0.3) is 0 Å². The van der Waals surface area contributed by atoms with Crippen molar-refractivity contribution >= 4 is 23.2 Å². The molecule has 110 valence electrons. The van der Waals surface area contributed by atoms with Crippen LogP contribution in [0.3, 0.4) is 0 Å². The Hall–Kier alpha value is -1.91. The fraction of sp³-hybridized carbons (Fsp3) is 0.188. The highest BCUT2D eigenvalue weighted by Crippen LogP contribution is 2.18. The number of benzene rings is 2. The summed E-state index contributed by atoms with van der Waals surface area (Å²) in [5.74, 6) is -0.856. The molecule has 0 saturated heterocycles. The van der Waals surface area contributed by atoms with E-state index in [0.29, 0.717) is 5.02 Å². The van der Waals surface area contributed by atoms with Crippen molar-refractivity contribution in [3.05, 3.63) is 64.9 Å². The van der Waals surface area contributed by atoms with Crippen LogP contribution in [0.4, 0.5) is 10.1 Å². The van der Waals surface area contributed by atoms with Gasteiger partial charge in [-0.15, -0.1) is 0 Å². The van der Waals surface area contributed by atoms with Crippen molar-refractivity contribution < 1.29 is 9.18 Å². The molecule has 0 aromatic heterocycles. The summed E-state index contributed by atoms with van der Waals surface area (Å²) in [4.78, 5) is 11.8. The molecule has 0 bridgehead atoms. The Kier molecular flexibility index (Phi) is 5.31. The van der Waals surface area contributed by atoms with Gasteiger partial charge in [0.2, 0.25) is 5.91 Å². The topological polar surface area (TPSA) is 41.1 Å². The van der Waals surface area contributed by atoms with E-state index in [0.717, 1.165) is 11.6 Å². The predicted molar refractivity (Wildman–Crippen MR) is 82.9 cm³/mol. The van der Waals surface area contributed by atoms with Crippen molar-refractivity contribution in [2.24, 2.45) is 0 Å². The zero-order valence-electron chi connectivity index (χ0n) is 11.6. The van der Waals surface area contributed by atoms with Crippen molar-refractivity contribution in [1.29, 1.82) is 0 Å². The van der Waals surface area contributed by atoms with Gasteiger partial charge in [0.05, 0.1) is 12.2 Å². The average molecular weight is 307 g/mol. The second kappa shape index (κ2) is 7.20. The number of hydrogen-bond donors (Lipinski definition) is 2. The van der Waals surface area contributed by atoms with Gasteiger partial charge >= 0.3 is 0 Å². The van der Waals surface area contributed by atoms with Gasteiger partial charge in [-0.25, -0.2) is 4.39 Å². The van der Waals surface area contributed by atoms with Crippen LogP contribution in [-0.4, -0.2) is 12.5 Å². The molecule has 21 heavy (non-hydrogen) atoms. The van der Waals surface area contributed by atoms with Gasteiger partial charge in [-0.2, -0.15) is 0 Å². The Morgan fingerprint density at radius 1 is 1.24 bits per heavy atom. The van der Waals surface area contributed by atoms with Crippen LogP contribution in [0.5, 0.6) is 0 Å². The van der Waals surface area contributed by atoms with E-state index in [9.17, 15) is 9.18 Å². The van der Waals surface area contributed by atoms with Crippen LogP contribution in [0.2, 0.25) is 5.02 Å². The minimum absolute atomic E-state index is 0.0343. The maximum Gasteiger partial charge on any atom is 0.238 e. The zero-order chi connectivity index (χ0) is 15.2. The molecule has 5 heteroatoms. The summed E-state index contributed by atoms with van der Waals surface area (Å²) >= 11 is 5.66. The van der Waals surface area contributed by atoms with E-state index >= 15 is 0 Å². The number of anilines is 1. The maximum atomic E-state index is 13.6. The van der Waals surface area contributed by atoms with Gasteiger partial charge < -0.3 is 10.6 Å². The molecule has 3 nitrogen and oxygen atoms in total. The SMILES string of the molecule is C[C@H](NCC(=O)Nc1ccc(Cl)cc1F)c1ccccc1. The van der Waals surface area contributed by atoms with Crippen LogP contribution in [0.15, 0.2) is 48.5 Å². The molecule has 0 radical (unpaired) electrons. The molecular formula is C16H16ClFN2O. The zero-order valence-corrected chi connectivity index (χ0v) is 12.3. The Balaban J connectivity index is 1.87. The highest BCUT2D eigenvalue weighted by Gasteiger charge is 2.10. The summed E-state index contributed by atoms with van der Waals surface area (Å²) in [5, 5.41) is 5.89. The van der Waals surface area contributed by atoms with Gasteiger partial charge in [-0.3, -0.25) is 4.79 Å². The van der Waals surface area contributed by atoms with Gasteiger partial charge in [-0.1, -0.05) is 41.9 Å². The molecule has 0 aliphatic carbocycles. The highest BCUT2D eigenvalue weighted by molar-refractivity contribution is 6.30. The summed E-state index contributed by atoms with van der Waals surface area (Å²) in [6.45, 7) is 2.06. The molecule has 0 fully saturated rings. The van der Waals surface area contributed by atoms with Crippen LogP contribution < -0.4 is 10.6 Å². The van der Waals surface area contributed by atoms with Crippen molar-refractivity contribution in [3.63, 3.8) is 0 Å². The molecule has 0 saturated carbocycles. The number of amides is 1. The van der Waals surface area contributed by atoms with Crippen LogP contribution in [-0.2, 0) is 4.79 Å². The molecule has 0 aliphatic rings. The minimum atomic E-state index is -0.549. The number of halogens is 2. The maximum absolute atomic E-state index is 13.6. The first-order valence-corrected chi connectivity index (χ1v) is 6.97. The van der Waals surface area contributed by atoms with Gasteiger partial charge in [0.1, 0.15) is 5.82 Å². The van der Waals surface area contributed by atoms with E-state index in [2.05, 4.69) is 10.6 Å². The highest BCUT2D eigenvalue weighted by atomic mass is 35.5. The van der Waals surface area contributed by atoms with E-state index < -0.39 is 5.82 Å². The minimum Gasteiger partial charge on any atom is -0.322 e. The second-order valence-corrected chi connectivity index (χ2v) is 5.12. The monoisotopic (exact) mass is 306 g/mol.